The van der Waals surface area contributed by atoms with Crippen molar-refractivity contribution in [3.05, 3.63) is 16.7 Å². The number of halogens is 1. The molecule has 4 nitrogen and oxygen atoms in total. The SMILES string of the molecule is COC1CNc2cc(Br)cnc2NC1. The van der Waals surface area contributed by atoms with Crippen LogP contribution in [0.2, 0.25) is 0 Å². The number of ether oxygens (including phenoxy) is 1. The number of aromatic nitrogens is 1. The molecule has 0 fully saturated rings. The van der Waals surface area contributed by atoms with E-state index in [2.05, 4.69) is 31.5 Å². The summed E-state index contributed by atoms with van der Waals surface area (Å²) in [6.45, 7) is 1.58. The number of anilines is 2. The van der Waals surface area contributed by atoms with Crippen LogP contribution in [0.3, 0.4) is 0 Å². The number of rotatable bonds is 1. The first-order valence-electron chi connectivity index (χ1n) is 4.45. The highest BCUT2D eigenvalue weighted by molar-refractivity contribution is 9.10. The molecular formula is C9H12BrN3O. The molecule has 0 spiro atoms. The van der Waals surface area contributed by atoms with Gasteiger partial charge in [-0.05, 0) is 22.0 Å². The maximum Gasteiger partial charge on any atom is 0.149 e. The van der Waals surface area contributed by atoms with E-state index in [4.69, 9.17) is 4.74 Å². The fourth-order valence-electron chi connectivity index (χ4n) is 1.39. The van der Waals surface area contributed by atoms with Crippen LogP contribution in [0.25, 0.3) is 0 Å². The molecule has 2 N–H and O–H groups in total. The van der Waals surface area contributed by atoms with Crippen molar-refractivity contribution < 1.29 is 4.74 Å². The zero-order valence-corrected chi connectivity index (χ0v) is 9.47. The second-order valence-electron chi connectivity index (χ2n) is 3.17. The molecule has 0 saturated carbocycles. The Morgan fingerprint density at radius 1 is 1.50 bits per heavy atom. The summed E-state index contributed by atoms with van der Waals surface area (Å²) in [5.41, 5.74) is 1.01. The maximum atomic E-state index is 5.27. The van der Waals surface area contributed by atoms with E-state index in [1.54, 1.807) is 13.3 Å². The number of nitrogens with one attached hydrogen (secondary N) is 2. The lowest BCUT2D eigenvalue weighted by atomic mass is 10.3. The van der Waals surface area contributed by atoms with Crippen LogP contribution in [0.5, 0.6) is 0 Å². The van der Waals surface area contributed by atoms with Crippen LogP contribution in [0.4, 0.5) is 11.5 Å². The number of pyridine rings is 1. The van der Waals surface area contributed by atoms with Gasteiger partial charge < -0.3 is 15.4 Å². The minimum Gasteiger partial charge on any atom is -0.379 e. The van der Waals surface area contributed by atoms with Crippen molar-refractivity contribution in [1.82, 2.24) is 4.98 Å². The van der Waals surface area contributed by atoms with Gasteiger partial charge in [0.1, 0.15) is 5.82 Å². The van der Waals surface area contributed by atoms with E-state index in [9.17, 15) is 0 Å². The molecule has 0 aliphatic carbocycles. The van der Waals surface area contributed by atoms with Crippen molar-refractivity contribution in [2.75, 3.05) is 30.8 Å². The summed E-state index contributed by atoms with van der Waals surface area (Å²) < 4.78 is 6.24. The predicted molar refractivity (Wildman–Crippen MR) is 59.7 cm³/mol. The lowest BCUT2D eigenvalue weighted by Crippen LogP contribution is -2.26. The van der Waals surface area contributed by atoms with Crippen LogP contribution in [-0.2, 0) is 4.74 Å². The van der Waals surface area contributed by atoms with Crippen molar-refractivity contribution in [3.8, 4) is 0 Å². The van der Waals surface area contributed by atoms with Crippen LogP contribution < -0.4 is 10.6 Å². The Morgan fingerprint density at radius 3 is 3.07 bits per heavy atom. The molecule has 5 heteroatoms. The highest BCUT2D eigenvalue weighted by atomic mass is 79.9. The molecule has 0 amide bonds. The quantitative estimate of drug-likeness (QED) is 0.804. The third kappa shape index (κ3) is 1.99. The van der Waals surface area contributed by atoms with Crippen LogP contribution in [-0.4, -0.2) is 31.3 Å². The second-order valence-corrected chi connectivity index (χ2v) is 4.08. The largest absolute Gasteiger partial charge is 0.379 e. The molecule has 1 aromatic rings. The van der Waals surface area contributed by atoms with Crippen molar-refractivity contribution in [2.45, 2.75) is 6.10 Å². The molecule has 2 heterocycles. The van der Waals surface area contributed by atoms with Gasteiger partial charge in [-0.25, -0.2) is 4.98 Å². The monoisotopic (exact) mass is 257 g/mol. The summed E-state index contributed by atoms with van der Waals surface area (Å²) in [5.74, 6) is 0.882. The number of fused-ring (bicyclic) bond motifs is 1. The van der Waals surface area contributed by atoms with Crippen LogP contribution >= 0.6 is 15.9 Å². The minimum absolute atomic E-state index is 0.183. The van der Waals surface area contributed by atoms with E-state index in [0.717, 1.165) is 29.1 Å². The van der Waals surface area contributed by atoms with Crippen molar-refractivity contribution in [1.29, 1.82) is 0 Å². The average molecular weight is 258 g/mol. The third-order valence-electron chi connectivity index (χ3n) is 2.21. The fraction of sp³-hybridized carbons (Fsp3) is 0.444. The van der Waals surface area contributed by atoms with Gasteiger partial charge in [-0.2, -0.15) is 0 Å². The smallest absolute Gasteiger partial charge is 0.149 e. The normalized spacial score (nSPS) is 20.3. The topological polar surface area (TPSA) is 46.2 Å². The summed E-state index contributed by atoms with van der Waals surface area (Å²) in [4.78, 5) is 4.27. The summed E-state index contributed by atoms with van der Waals surface area (Å²) in [6, 6.07) is 2.01. The maximum absolute atomic E-state index is 5.27. The van der Waals surface area contributed by atoms with Gasteiger partial charge in [-0.3, -0.25) is 0 Å². The van der Waals surface area contributed by atoms with E-state index in [-0.39, 0.29) is 6.10 Å². The van der Waals surface area contributed by atoms with Crippen molar-refractivity contribution >= 4 is 27.4 Å². The summed E-state index contributed by atoms with van der Waals surface area (Å²) in [5, 5.41) is 6.52. The van der Waals surface area contributed by atoms with Gasteiger partial charge >= 0.3 is 0 Å². The summed E-state index contributed by atoms with van der Waals surface area (Å²) in [6.07, 6.45) is 1.96. The highest BCUT2D eigenvalue weighted by Gasteiger charge is 2.14. The van der Waals surface area contributed by atoms with Gasteiger partial charge in [0, 0.05) is 30.9 Å². The standard InChI is InChI=1S/C9H12BrN3O/c1-14-7-4-11-8-2-6(10)3-12-9(8)13-5-7/h2-3,7,11H,4-5H2,1H3,(H,12,13). The van der Waals surface area contributed by atoms with E-state index < -0.39 is 0 Å². The molecule has 1 aromatic heterocycles. The summed E-state index contributed by atoms with van der Waals surface area (Å²) >= 11 is 3.39. The fourth-order valence-corrected chi connectivity index (χ4v) is 1.72. The first-order valence-corrected chi connectivity index (χ1v) is 5.25. The lowest BCUT2D eigenvalue weighted by molar-refractivity contribution is 0.124. The molecular weight excluding hydrogens is 246 g/mol. The third-order valence-corrected chi connectivity index (χ3v) is 2.64. The molecule has 1 atom stereocenters. The van der Waals surface area contributed by atoms with Gasteiger partial charge in [0.25, 0.3) is 0 Å². The van der Waals surface area contributed by atoms with Gasteiger partial charge in [0.15, 0.2) is 0 Å². The second kappa shape index (κ2) is 4.14. The van der Waals surface area contributed by atoms with Gasteiger partial charge in [0.05, 0.1) is 11.8 Å². The van der Waals surface area contributed by atoms with Crippen LogP contribution in [0.15, 0.2) is 16.7 Å². The molecule has 1 unspecified atom stereocenters. The van der Waals surface area contributed by atoms with Gasteiger partial charge in [-0.15, -0.1) is 0 Å². The predicted octanol–water partition coefficient (Wildman–Crippen LogP) is 1.70. The zero-order chi connectivity index (χ0) is 9.97. The zero-order valence-electron chi connectivity index (χ0n) is 7.88. The van der Waals surface area contributed by atoms with Crippen molar-refractivity contribution in [3.63, 3.8) is 0 Å². The Hall–Kier alpha value is -0.810. The van der Waals surface area contributed by atoms with E-state index >= 15 is 0 Å². The molecule has 2 rings (SSSR count). The number of hydrogen-bond acceptors (Lipinski definition) is 4. The van der Waals surface area contributed by atoms with E-state index in [1.807, 2.05) is 6.07 Å². The average Bonchev–Trinajstić information content (AvgIpc) is 2.39. The Bertz CT molecular complexity index is 332. The first kappa shape index (κ1) is 9.73. The molecule has 1 aliphatic rings. The number of methoxy groups -OCH3 is 1. The van der Waals surface area contributed by atoms with E-state index in [0.29, 0.717) is 0 Å². The molecule has 0 bridgehead atoms. The molecule has 14 heavy (non-hydrogen) atoms. The Kier molecular flexibility index (Phi) is 2.88. The lowest BCUT2D eigenvalue weighted by Gasteiger charge is -2.11. The van der Waals surface area contributed by atoms with Gasteiger partial charge in [-0.1, -0.05) is 0 Å². The number of hydrogen-bond donors (Lipinski definition) is 2. The Labute approximate surface area is 91.2 Å². The molecule has 76 valence electrons. The molecule has 1 aliphatic heterocycles. The minimum atomic E-state index is 0.183. The van der Waals surface area contributed by atoms with Crippen LogP contribution in [0.1, 0.15) is 0 Å². The van der Waals surface area contributed by atoms with Crippen LogP contribution in [0, 0.1) is 0 Å². The molecule has 0 aromatic carbocycles. The number of nitrogens with zero attached hydrogens (tertiary/aromatic N) is 1. The Morgan fingerprint density at radius 2 is 2.29 bits per heavy atom. The Balaban J connectivity index is 2.21. The van der Waals surface area contributed by atoms with Gasteiger partial charge in [0.2, 0.25) is 0 Å². The molecule has 0 radical (unpaired) electrons. The first-order chi connectivity index (χ1) is 6.79. The molecule has 0 saturated heterocycles. The van der Waals surface area contributed by atoms with Crippen molar-refractivity contribution in [2.24, 2.45) is 0 Å². The summed E-state index contributed by atoms with van der Waals surface area (Å²) in [7, 11) is 1.72. The van der Waals surface area contributed by atoms with E-state index in [1.165, 1.54) is 0 Å². The highest BCUT2D eigenvalue weighted by Crippen LogP contribution is 2.24.